The highest BCUT2D eigenvalue weighted by molar-refractivity contribution is 5.67. The summed E-state index contributed by atoms with van der Waals surface area (Å²) >= 11 is 0. The molecule has 0 aliphatic rings. The molecule has 1 aromatic heterocycles. The minimum atomic E-state index is 0.270. The van der Waals surface area contributed by atoms with E-state index in [0.717, 1.165) is 41.2 Å². The van der Waals surface area contributed by atoms with E-state index in [4.69, 9.17) is 4.74 Å². The Morgan fingerprint density at radius 3 is 2.29 bits per heavy atom. The molecule has 0 amide bonds. The molecular formula is C25H29NO2. The Bertz CT molecular complexity index is 841. The molecule has 0 spiro atoms. The van der Waals surface area contributed by atoms with E-state index in [1.807, 2.05) is 36.5 Å². The average Bonchev–Trinajstić information content (AvgIpc) is 2.74. The van der Waals surface area contributed by atoms with Crippen LogP contribution in [0.4, 0.5) is 0 Å². The number of nitrogens with zero attached hydrogens (tertiary/aromatic N) is 1. The maximum Gasteiger partial charge on any atom is 0.119 e. The number of pyridine rings is 1. The topological polar surface area (TPSA) is 42.4 Å². The molecule has 0 unspecified atom stereocenters. The summed E-state index contributed by atoms with van der Waals surface area (Å²) in [6.45, 7) is 3.01. The predicted molar refractivity (Wildman–Crippen MR) is 116 cm³/mol. The Hall–Kier alpha value is -2.81. The number of benzene rings is 2. The van der Waals surface area contributed by atoms with Crippen LogP contribution in [0.2, 0.25) is 0 Å². The van der Waals surface area contributed by atoms with E-state index in [2.05, 4.69) is 30.1 Å². The Labute approximate surface area is 168 Å². The summed E-state index contributed by atoms with van der Waals surface area (Å²) in [7, 11) is 0. The molecule has 0 fully saturated rings. The Balaban J connectivity index is 1.56. The Morgan fingerprint density at radius 2 is 1.54 bits per heavy atom. The molecule has 146 valence electrons. The van der Waals surface area contributed by atoms with Gasteiger partial charge in [0.05, 0.1) is 12.3 Å². The molecule has 3 aromatic rings. The fraction of sp³-hybridized carbons (Fsp3) is 0.320. The van der Waals surface area contributed by atoms with E-state index in [-0.39, 0.29) is 5.75 Å². The van der Waals surface area contributed by atoms with Gasteiger partial charge in [-0.2, -0.15) is 0 Å². The van der Waals surface area contributed by atoms with Crippen LogP contribution in [0.25, 0.3) is 22.4 Å². The van der Waals surface area contributed by atoms with Crippen molar-refractivity contribution in [2.75, 3.05) is 6.61 Å². The lowest BCUT2D eigenvalue weighted by Crippen LogP contribution is -1.97. The molecular weight excluding hydrogens is 346 g/mol. The summed E-state index contributed by atoms with van der Waals surface area (Å²) < 4.78 is 5.93. The average molecular weight is 376 g/mol. The second-order valence-corrected chi connectivity index (χ2v) is 7.12. The molecule has 0 saturated heterocycles. The van der Waals surface area contributed by atoms with Crippen molar-refractivity contribution >= 4 is 0 Å². The third-order valence-corrected chi connectivity index (χ3v) is 4.86. The summed E-state index contributed by atoms with van der Waals surface area (Å²) in [5.41, 5.74) is 4.04. The van der Waals surface area contributed by atoms with Crippen molar-refractivity contribution in [2.45, 2.75) is 45.4 Å². The van der Waals surface area contributed by atoms with Crippen molar-refractivity contribution < 1.29 is 9.84 Å². The zero-order valence-corrected chi connectivity index (χ0v) is 16.6. The van der Waals surface area contributed by atoms with E-state index in [1.54, 1.807) is 12.1 Å². The first kappa shape index (κ1) is 19.9. The first-order valence-corrected chi connectivity index (χ1v) is 10.2. The summed E-state index contributed by atoms with van der Waals surface area (Å²) in [5, 5.41) is 9.42. The van der Waals surface area contributed by atoms with Crippen LogP contribution in [0.3, 0.4) is 0 Å². The van der Waals surface area contributed by atoms with Crippen LogP contribution >= 0.6 is 0 Å². The summed E-state index contributed by atoms with van der Waals surface area (Å²) in [5.74, 6) is 1.17. The Morgan fingerprint density at radius 1 is 0.786 bits per heavy atom. The first-order valence-electron chi connectivity index (χ1n) is 10.2. The predicted octanol–water partition coefficient (Wildman–Crippen LogP) is 6.86. The number of hydrogen-bond acceptors (Lipinski definition) is 3. The monoisotopic (exact) mass is 375 g/mol. The number of phenolic OH excluding ortho intramolecular Hbond substituents is 1. The van der Waals surface area contributed by atoms with Gasteiger partial charge in [0, 0.05) is 17.3 Å². The zero-order valence-electron chi connectivity index (χ0n) is 16.6. The number of phenols is 1. The van der Waals surface area contributed by atoms with Gasteiger partial charge in [-0.15, -0.1) is 0 Å². The largest absolute Gasteiger partial charge is 0.508 e. The van der Waals surface area contributed by atoms with Gasteiger partial charge in [0.25, 0.3) is 0 Å². The summed E-state index contributed by atoms with van der Waals surface area (Å²) in [6, 6.07) is 19.4. The minimum Gasteiger partial charge on any atom is -0.508 e. The van der Waals surface area contributed by atoms with Crippen molar-refractivity contribution in [3.63, 3.8) is 0 Å². The van der Waals surface area contributed by atoms with Gasteiger partial charge >= 0.3 is 0 Å². The molecule has 28 heavy (non-hydrogen) atoms. The van der Waals surface area contributed by atoms with Gasteiger partial charge in [-0.05, 0) is 42.3 Å². The quantitative estimate of drug-likeness (QED) is 0.394. The normalized spacial score (nSPS) is 10.8. The van der Waals surface area contributed by atoms with E-state index < -0.39 is 0 Å². The van der Waals surface area contributed by atoms with Gasteiger partial charge in [-0.3, -0.25) is 4.98 Å². The van der Waals surface area contributed by atoms with E-state index in [9.17, 15) is 5.11 Å². The number of rotatable bonds is 10. The fourth-order valence-electron chi connectivity index (χ4n) is 3.21. The highest BCUT2D eigenvalue weighted by Crippen LogP contribution is 2.26. The lowest BCUT2D eigenvalue weighted by Gasteiger charge is -2.09. The number of ether oxygens (including phenoxy) is 1. The van der Waals surface area contributed by atoms with Gasteiger partial charge in [0.1, 0.15) is 11.5 Å². The highest BCUT2D eigenvalue weighted by atomic mass is 16.5. The van der Waals surface area contributed by atoms with Crippen LogP contribution in [-0.4, -0.2) is 16.7 Å². The fourth-order valence-corrected chi connectivity index (χ4v) is 3.21. The van der Waals surface area contributed by atoms with Crippen molar-refractivity contribution in [1.82, 2.24) is 4.98 Å². The second kappa shape index (κ2) is 10.5. The standard InChI is InChI=1S/C25H29NO2/c1-2-3-4-5-6-7-17-28-24-10-8-9-21(18-24)25-16-13-22(19-26-25)20-11-14-23(27)15-12-20/h8-16,18-19,27H,2-7,17H2,1H3. The molecule has 3 rings (SSSR count). The smallest absolute Gasteiger partial charge is 0.119 e. The van der Waals surface area contributed by atoms with Crippen LogP contribution in [-0.2, 0) is 0 Å². The van der Waals surface area contributed by atoms with E-state index >= 15 is 0 Å². The van der Waals surface area contributed by atoms with Crippen molar-refractivity contribution in [3.8, 4) is 33.9 Å². The van der Waals surface area contributed by atoms with Gasteiger partial charge in [0.15, 0.2) is 0 Å². The molecule has 0 aliphatic heterocycles. The highest BCUT2D eigenvalue weighted by Gasteiger charge is 2.04. The van der Waals surface area contributed by atoms with Crippen LogP contribution in [0.15, 0.2) is 66.9 Å². The molecule has 0 atom stereocenters. The Kier molecular flexibility index (Phi) is 7.48. The van der Waals surface area contributed by atoms with Gasteiger partial charge in [0.2, 0.25) is 0 Å². The molecule has 3 heteroatoms. The van der Waals surface area contributed by atoms with Crippen LogP contribution in [0, 0.1) is 0 Å². The third kappa shape index (κ3) is 5.85. The SMILES string of the molecule is CCCCCCCCOc1cccc(-c2ccc(-c3ccc(O)cc3)cn2)c1. The summed E-state index contributed by atoms with van der Waals surface area (Å²) in [4.78, 5) is 4.61. The van der Waals surface area contributed by atoms with Crippen molar-refractivity contribution in [2.24, 2.45) is 0 Å². The maximum absolute atomic E-state index is 9.42. The molecule has 0 radical (unpaired) electrons. The van der Waals surface area contributed by atoms with E-state index in [0.29, 0.717) is 0 Å². The van der Waals surface area contributed by atoms with Gasteiger partial charge < -0.3 is 9.84 Å². The molecule has 0 saturated carbocycles. The van der Waals surface area contributed by atoms with Crippen LogP contribution < -0.4 is 4.74 Å². The number of unbranched alkanes of at least 4 members (excludes halogenated alkanes) is 5. The number of hydrogen-bond donors (Lipinski definition) is 1. The minimum absolute atomic E-state index is 0.270. The summed E-state index contributed by atoms with van der Waals surface area (Å²) in [6.07, 6.45) is 9.46. The number of aromatic nitrogens is 1. The zero-order chi connectivity index (χ0) is 19.6. The number of aromatic hydroxyl groups is 1. The molecule has 1 heterocycles. The second-order valence-electron chi connectivity index (χ2n) is 7.12. The molecule has 2 aromatic carbocycles. The first-order chi connectivity index (χ1) is 13.8. The lowest BCUT2D eigenvalue weighted by atomic mass is 10.1. The lowest BCUT2D eigenvalue weighted by molar-refractivity contribution is 0.304. The van der Waals surface area contributed by atoms with E-state index in [1.165, 1.54) is 32.1 Å². The van der Waals surface area contributed by atoms with Gasteiger partial charge in [-0.1, -0.05) is 69.4 Å². The molecule has 0 bridgehead atoms. The maximum atomic E-state index is 9.42. The van der Waals surface area contributed by atoms with Gasteiger partial charge in [-0.25, -0.2) is 0 Å². The molecule has 3 nitrogen and oxygen atoms in total. The van der Waals surface area contributed by atoms with Crippen molar-refractivity contribution in [3.05, 3.63) is 66.9 Å². The van der Waals surface area contributed by atoms with Crippen LogP contribution in [0.5, 0.6) is 11.5 Å². The van der Waals surface area contributed by atoms with Crippen molar-refractivity contribution in [1.29, 1.82) is 0 Å². The third-order valence-electron chi connectivity index (χ3n) is 4.86. The molecule has 1 N–H and O–H groups in total. The molecule has 0 aliphatic carbocycles. The van der Waals surface area contributed by atoms with Crippen LogP contribution in [0.1, 0.15) is 45.4 Å².